The maximum absolute atomic E-state index is 3.69. The summed E-state index contributed by atoms with van der Waals surface area (Å²) in [7, 11) is 0. The zero-order valence-corrected chi connectivity index (χ0v) is 12.0. The Morgan fingerprint density at radius 1 is 0.947 bits per heavy atom. The van der Waals surface area contributed by atoms with E-state index < -0.39 is 0 Å². The van der Waals surface area contributed by atoms with Gasteiger partial charge in [-0.3, -0.25) is 4.68 Å². The van der Waals surface area contributed by atoms with Crippen LogP contribution in [-0.4, -0.2) is 4.68 Å². The molecule has 0 spiro atoms. The molecule has 2 aromatic rings. The molecule has 2 unspecified atom stereocenters. The molecule has 1 aromatic carbocycles. The lowest BCUT2D eigenvalue weighted by molar-refractivity contribution is 0.502. The molecule has 100 valence electrons. The summed E-state index contributed by atoms with van der Waals surface area (Å²) in [6.45, 7) is 6.63. The Hall–Kier alpha value is -1.70. The van der Waals surface area contributed by atoms with Gasteiger partial charge in [0, 0.05) is 11.4 Å². The lowest BCUT2D eigenvalue weighted by atomic mass is 9.81. The normalized spacial score (nSPS) is 22.1. The third-order valence-electron chi connectivity index (χ3n) is 4.35. The molecule has 19 heavy (non-hydrogen) atoms. The summed E-state index contributed by atoms with van der Waals surface area (Å²) >= 11 is 0. The first kappa shape index (κ1) is 12.3. The fourth-order valence-electron chi connectivity index (χ4n) is 3.17. The third kappa shape index (κ3) is 2.16. The highest BCUT2D eigenvalue weighted by Crippen LogP contribution is 2.37. The largest absolute Gasteiger partial charge is 0.318 e. The van der Waals surface area contributed by atoms with Crippen LogP contribution in [0.5, 0.6) is 0 Å². The average Bonchev–Trinajstić information content (AvgIpc) is 2.74. The first-order chi connectivity index (χ1) is 9.16. The molecule has 0 saturated carbocycles. The molecule has 0 amide bonds. The Kier molecular flexibility index (Phi) is 3.09. The zero-order chi connectivity index (χ0) is 13.4. The van der Waals surface area contributed by atoms with E-state index >= 15 is 0 Å². The van der Waals surface area contributed by atoms with Crippen molar-refractivity contribution in [1.82, 2.24) is 4.68 Å². The number of aryl methyl sites for hydroxylation is 2. The van der Waals surface area contributed by atoms with Gasteiger partial charge in [0.05, 0.1) is 6.04 Å². The first-order valence-electron chi connectivity index (χ1n) is 7.17. The van der Waals surface area contributed by atoms with E-state index in [1.165, 1.54) is 35.4 Å². The number of hydrogen-bond donors (Lipinski definition) is 1. The van der Waals surface area contributed by atoms with E-state index in [2.05, 4.69) is 67.3 Å². The van der Waals surface area contributed by atoms with Crippen LogP contribution < -0.4 is 5.43 Å². The zero-order valence-electron chi connectivity index (χ0n) is 12.0. The SMILES string of the molecule is Cc1ccc(C)n1NC1CCC(C)c2ccccc21. The van der Waals surface area contributed by atoms with Gasteiger partial charge in [-0.05, 0) is 55.9 Å². The van der Waals surface area contributed by atoms with Crippen molar-refractivity contribution in [2.24, 2.45) is 0 Å². The predicted molar refractivity (Wildman–Crippen MR) is 80.1 cm³/mol. The lowest BCUT2D eigenvalue weighted by Gasteiger charge is -2.32. The van der Waals surface area contributed by atoms with Crippen molar-refractivity contribution in [1.29, 1.82) is 0 Å². The van der Waals surface area contributed by atoms with E-state index in [4.69, 9.17) is 0 Å². The van der Waals surface area contributed by atoms with Crippen molar-refractivity contribution in [2.75, 3.05) is 5.43 Å². The summed E-state index contributed by atoms with van der Waals surface area (Å²) in [6.07, 6.45) is 2.46. The maximum atomic E-state index is 3.69. The molecule has 0 saturated heterocycles. The van der Waals surface area contributed by atoms with E-state index in [-0.39, 0.29) is 0 Å². The second kappa shape index (κ2) is 4.76. The minimum atomic E-state index is 0.428. The van der Waals surface area contributed by atoms with Gasteiger partial charge in [0.25, 0.3) is 0 Å². The Labute approximate surface area is 115 Å². The average molecular weight is 254 g/mol. The number of hydrogen-bond acceptors (Lipinski definition) is 1. The maximum Gasteiger partial charge on any atom is 0.0676 e. The van der Waals surface area contributed by atoms with Crippen LogP contribution in [0.25, 0.3) is 0 Å². The molecule has 1 aliphatic carbocycles. The number of aromatic nitrogens is 1. The molecule has 0 fully saturated rings. The molecule has 1 aliphatic rings. The number of nitrogens with one attached hydrogen (secondary N) is 1. The Balaban J connectivity index is 1.93. The molecule has 2 nitrogen and oxygen atoms in total. The molecule has 1 aromatic heterocycles. The van der Waals surface area contributed by atoms with Gasteiger partial charge in [0.2, 0.25) is 0 Å². The minimum Gasteiger partial charge on any atom is -0.318 e. The molecular weight excluding hydrogens is 232 g/mol. The van der Waals surface area contributed by atoms with Gasteiger partial charge in [0.15, 0.2) is 0 Å². The van der Waals surface area contributed by atoms with Gasteiger partial charge < -0.3 is 5.43 Å². The summed E-state index contributed by atoms with van der Waals surface area (Å²) in [6, 6.07) is 13.6. The van der Waals surface area contributed by atoms with Crippen LogP contribution in [0.1, 0.15) is 54.2 Å². The predicted octanol–water partition coefficient (Wildman–Crippen LogP) is 4.29. The van der Waals surface area contributed by atoms with Crippen molar-refractivity contribution in [3.05, 3.63) is 58.9 Å². The second-order valence-electron chi connectivity index (χ2n) is 5.74. The molecule has 0 aliphatic heterocycles. The van der Waals surface area contributed by atoms with Crippen molar-refractivity contribution in [3.63, 3.8) is 0 Å². The number of fused-ring (bicyclic) bond motifs is 1. The second-order valence-corrected chi connectivity index (χ2v) is 5.74. The molecule has 1 N–H and O–H groups in total. The molecule has 0 bridgehead atoms. The van der Waals surface area contributed by atoms with Crippen LogP contribution in [0, 0.1) is 13.8 Å². The van der Waals surface area contributed by atoms with Crippen molar-refractivity contribution in [3.8, 4) is 0 Å². The topological polar surface area (TPSA) is 17.0 Å². The highest BCUT2D eigenvalue weighted by atomic mass is 15.4. The summed E-state index contributed by atoms with van der Waals surface area (Å²) in [4.78, 5) is 0. The van der Waals surface area contributed by atoms with Crippen molar-refractivity contribution < 1.29 is 0 Å². The van der Waals surface area contributed by atoms with E-state index in [1.54, 1.807) is 0 Å². The number of rotatable bonds is 2. The quantitative estimate of drug-likeness (QED) is 0.846. The van der Waals surface area contributed by atoms with E-state index in [9.17, 15) is 0 Å². The summed E-state index contributed by atoms with van der Waals surface area (Å²) in [5, 5.41) is 0. The Morgan fingerprint density at radius 3 is 2.26 bits per heavy atom. The summed E-state index contributed by atoms with van der Waals surface area (Å²) in [5.41, 5.74) is 9.21. The summed E-state index contributed by atoms with van der Waals surface area (Å²) < 4.78 is 2.22. The van der Waals surface area contributed by atoms with Crippen LogP contribution in [0.3, 0.4) is 0 Å². The van der Waals surface area contributed by atoms with Gasteiger partial charge in [-0.25, -0.2) is 0 Å². The van der Waals surface area contributed by atoms with E-state index in [0.29, 0.717) is 12.0 Å². The van der Waals surface area contributed by atoms with Crippen LogP contribution >= 0.6 is 0 Å². The fraction of sp³-hybridized carbons (Fsp3) is 0.412. The van der Waals surface area contributed by atoms with Crippen LogP contribution in [-0.2, 0) is 0 Å². The monoisotopic (exact) mass is 254 g/mol. The van der Waals surface area contributed by atoms with Gasteiger partial charge in [-0.2, -0.15) is 0 Å². The molecular formula is C17H22N2. The van der Waals surface area contributed by atoms with Crippen molar-refractivity contribution >= 4 is 0 Å². The number of benzene rings is 1. The Morgan fingerprint density at radius 2 is 1.58 bits per heavy atom. The minimum absolute atomic E-state index is 0.428. The third-order valence-corrected chi connectivity index (χ3v) is 4.35. The molecule has 3 rings (SSSR count). The summed E-state index contributed by atoms with van der Waals surface area (Å²) in [5.74, 6) is 0.682. The number of nitrogens with zero attached hydrogens (tertiary/aromatic N) is 1. The molecule has 2 atom stereocenters. The van der Waals surface area contributed by atoms with Crippen LogP contribution in [0.4, 0.5) is 0 Å². The van der Waals surface area contributed by atoms with Crippen LogP contribution in [0.2, 0.25) is 0 Å². The highest BCUT2D eigenvalue weighted by Gasteiger charge is 2.24. The highest BCUT2D eigenvalue weighted by molar-refractivity contribution is 5.36. The molecule has 1 heterocycles. The van der Waals surface area contributed by atoms with Gasteiger partial charge in [0.1, 0.15) is 0 Å². The van der Waals surface area contributed by atoms with Crippen molar-refractivity contribution in [2.45, 2.75) is 45.6 Å². The van der Waals surface area contributed by atoms with Crippen LogP contribution in [0.15, 0.2) is 36.4 Å². The van der Waals surface area contributed by atoms with E-state index in [0.717, 1.165) is 0 Å². The van der Waals surface area contributed by atoms with Gasteiger partial charge >= 0.3 is 0 Å². The molecule has 2 heteroatoms. The van der Waals surface area contributed by atoms with Gasteiger partial charge in [-0.1, -0.05) is 31.2 Å². The Bertz CT molecular complexity index is 563. The fourth-order valence-corrected chi connectivity index (χ4v) is 3.17. The standard InChI is InChI=1S/C17H22N2/c1-12-8-11-17(16-7-5-4-6-15(12)16)18-19-13(2)9-10-14(19)3/h4-7,9-10,12,17-18H,8,11H2,1-3H3. The molecule has 0 radical (unpaired) electrons. The smallest absolute Gasteiger partial charge is 0.0676 e. The van der Waals surface area contributed by atoms with E-state index in [1.807, 2.05) is 0 Å². The van der Waals surface area contributed by atoms with Gasteiger partial charge in [-0.15, -0.1) is 0 Å². The first-order valence-corrected chi connectivity index (χ1v) is 7.17. The lowest BCUT2D eigenvalue weighted by Crippen LogP contribution is -2.26.